The zero-order chi connectivity index (χ0) is 27.7. The van der Waals surface area contributed by atoms with Crippen molar-refractivity contribution in [1.29, 1.82) is 0 Å². The van der Waals surface area contributed by atoms with Crippen LogP contribution in [0, 0.1) is 11.7 Å². The second-order valence-electron chi connectivity index (χ2n) is 10.4. The molecule has 38 heavy (non-hydrogen) atoms. The summed E-state index contributed by atoms with van der Waals surface area (Å²) >= 11 is 0. The molecule has 12 heteroatoms. The Hall–Kier alpha value is -2.25. The number of rotatable bonds is 8. The molecule has 0 spiro atoms. The average molecular weight is 569 g/mol. The first-order valence-corrected chi connectivity index (χ1v) is 15.8. The Morgan fingerprint density at radius 2 is 1.53 bits per heavy atom. The van der Waals surface area contributed by atoms with E-state index in [9.17, 15) is 16.8 Å². The van der Waals surface area contributed by atoms with Gasteiger partial charge < -0.3 is 9.64 Å². The number of anilines is 2. The van der Waals surface area contributed by atoms with Crippen molar-refractivity contribution in [2.45, 2.75) is 48.7 Å². The van der Waals surface area contributed by atoms with Gasteiger partial charge in [-0.25, -0.2) is 25.5 Å². The summed E-state index contributed by atoms with van der Waals surface area (Å²) in [5.74, 6) is -0.0143. The summed E-state index contributed by atoms with van der Waals surface area (Å²) in [6, 6.07) is 9.30. The largest absolute Gasteiger partial charge is 0.373 e. The molecule has 2 unspecified atom stereocenters. The highest BCUT2D eigenvalue weighted by molar-refractivity contribution is 7.92. The van der Waals surface area contributed by atoms with Crippen molar-refractivity contribution in [3.63, 3.8) is 0 Å². The first-order valence-electron chi connectivity index (χ1n) is 12.8. The van der Waals surface area contributed by atoms with E-state index in [2.05, 4.69) is 23.5 Å². The van der Waals surface area contributed by atoms with Crippen molar-refractivity contribution < 1.29 is 26.0 Å². The number of hydrogen-bond donors (Lipinski definition) is 1. The fourth-order valence-corrected chi connectivity index (χ4v) is 7.23. The van der Waals surface area contributed by atoms with E-state index in [1.54, 1.807) is 6.07 Å². The zero-order valence-corrected chi connectivity index (χ0v) is 23.9. The van der Waals surface area contributed by atoms with Crippen LogP contribution in [0.15, 0.2) is 52.3 Å². The second kappa shape index (κ2) is 11.5. The number of sulfonamides is 2. The number of nitrogens with zero attached hydrogens (tertiary/aromatic N) is 3. The molecule has 0 amide bonds. The van der Waals surface area contributed by atoms with Gasteiger partial charge in [-0.15, -0.1) is 0 Å². The second-order valence-corrected chi connectivity index (χ2v) is 14.2. The van der Waals surface area contributed by atoms with Crippen molar-refractivity contribution in [1.82, 2.24) is 9.21 Å². The van der Waals surface area contributed by atoms with Crippen molar-refractivity contribution >= 4 is 31.4 Å². The molecule has 0 saturated carbocycles. The number of ether oxygens (including phenoxy) is 1. The molecule has 9 nitrogen and oxygen atoms in total. The van der Waals surface area contributed by atoms with Crippen LogP contribution in [0.1, 0.15) is 26.7 Å². The molecule has 210 valence electrons. The molecular weight excluding hydrogens is 531 g/mol. The third kappa shape index (κ3) is 6.48. The van der Waals surface area contributed by atoms with E-state index in [1.807, 2.05) is 4.90 Å². The van der Waals surface area contributed by atoms with Crippen molar-refractivity contribution in [2.24, 2.45) is 5.92 Å². The first kappa shape index (κ1) is 28.8. The number of nitrogens with one attached hydrogen (secondary N) is 1. The summed E-state index contributed by atoms with van der Waals surface area (Å²) in [6.07, 6.45) is 2.17. The van der Waals surface area contributed by atoms with Crippen LogP contribution in [-0.2, 0) is 24.8 Å². The quantitative estimate of drug-likeness (QED) is 0.522. The molecule has 2 fully saturated rings. The SMILES string of the molecule is CC1CN(CC2CCN(c3c(F)cccc3NS(=O)(=O)c3ccc(S(=O)(=O)N(C)C)cc3)CC2)CC(C)O1. The Morgan fingerprint density at radius 1 is 0.947 bits per heavy atom. The van der Waals surface area contributed by atoms with E-state index in [1.165, 1.54) is 50.5 Å². The lowest BCUT2D eigenvalue weighted by atomic mass is 9.95. The fourth-order valence-electron chi connectivity index (χ4n) is 5.26. The third-order valence-corrected chi connectivity index (χ3v) is 10.3. The van der Waals surface area contributed by atoms with Gasteiger partial charge in [-0.05, 0) is 69.0 Å². The lowest BCUT2D eigenvalue weighted by Gasteiger charge is -2.40. The molecule has 2 heterocycles. The Bertz CT molecular complexity index is 1320. The number of halogens is 1. The molecule has 4 rings (SSSR count). The van der Waals surface area contributed by atoms with Crippen LogP contribution in [0.2, 0.25) is 0 Å². The maximum Gasteiger partial charge on any atom is 0.261 e. The number of para-hydroxylation sites is 1. The van der Waals surface area contributed by atoms with Gasteiger partial charge in [0.25, 0.3) is 10.0 Å². The maximum atomic E-state index is 15.1. The molecule has 2 aromatic carbocycles. The molecule has 0 bridgehead atoms. The van der Waals surface area contributed by atoms with Gasteiger partial charge in [0.05, 0.1) is 33.4 Å². The fraction of sp³-hybridized carbons (Fsp3) is 0.538. The molecule has 0 aromatic heterocycles. The minimum atomic E-state index is -4.08. The van der Waals surface area contributed by atoms with Crippen LogP contribution in [0.4, 0.5) is 15.8 Å². The average Bonchev–Trinajstić information content (AvgIpc) is 2.84. The summed E-state index contributed by atoms with van der Waals surface area (Å²) in [4.78, 5) is 4.22. The van der Waals surface area contributed by atoms with Gasteiger partial charge in [0.1, 0.15) is 5.82 Å². The highest BCUT2D eigenvalue weighted by Crippen LogP contribution is 2.34. The van der Waals surface area contributed by atoms with E-state index in [4.69, 9.17) is 4.74 Å². The minimum absolute atomic E-state index is 0.0169. The van der Waals surface area contributed by atoms with E-state index in [0.29, 0.717) is 19.0 Å². The Labute approximate surface area is 225 Å². The third-order valence-electron chi connectivity index (χ3n) is 7.09. The standard InChI is InChI=1S/C26H37FN4O5S2/c1-19-16-30(17-20(2)36-19)18-21-12-14-31(15-13-21)26-24(27)6-5-7-25(26)28-37(32,33)22-8-10-23(11-9-22)38(34,35)29(3)4/h5-11,19-21,28H,12-18H2,1-4H3. The Balaban J connectivity index is 1.46. The molecule has 2 aromatic rings. The Kier molecular flexibility index (Phi) is 8.68. The zero-order valence-electron chi connectivity index (χ0n) is 22.3. The predicted molar refractivity (Wildman–Crippen MR) is 146 cm³/mol. The van der Waals surface area contributed by atoms with E-state index >= 15 is 4.39 Å². The summed E-state index contributed by atoms with van der Waals surface area (Å²) in [5.41, 5.74) is 0.388. The monoisotopic (exact) mass is 568 g/mol. The lowest BCUT2D eigenvalue weighted by molar-refractivity contribution is -0.0720. The van der Waals surface area contributed by atoms with E-state index in [-0.39, 0.29) is 33.4 Å². The maximum absolute atomic E-state index is 15.1. The van der Waals surface area contributed by atoms with Crippen molar-refractivity contribution in [3.05, 3.63) is 48.3 Å². The summed E-state index contributed by atoms with van der Waals surface area (Å²) < 4.78 is 75.4. The van der Waals surface area contributed by atoms with Crippen LogP contribution >= 0.6 is 0 Å². The lowest BCUT2D eigenvalue weighted by Crippen LogP contribution is -2.48. The molecule has 1 N–H and O–H groups in total. The van der Waals surface area contributed by atoms with Crippen LogP contribution < -0.4 is 9.62 Å². The molecule has 2 atom stereocenters. The van der Waals surface area contributed by atoms with E-state index in [0.717, 1.165) is 36.8 Å². The van der Waals surface area contributed by atoms with Crippen LogP contribution in [0.5, 0.6) is 0 Å². The molecule has 0 radical (unpaired) electrons. The number of morpholine rings is 1. The van der Waals surface area contributed by atoms with Gasteiger partial charge in [0, 0.05) is 46.8 Å². The minimum Gasteiger partial charge on any atom is -0.373 e. The van der Waals surface area contributed by atoms with Gasteiger partial charge >= 0.3 is 0 Å². The van der Waals surface area contributed by atoms with Gasteiger partial charge in [0.15, 0.2) is 0 Å². The smallest absolute Gasteiger partial charge is 0.261 e. The topological polar surface area (TPSA) is 99.3 Å². The highest BCUT2D eigenvalue weighted by Gasteiger charge is 2.29. The molecule has 0 aliphatic carbocycles. The molecule has 2 saturated heterocycles. The van der Waals surface area contributed by atoms with Gasteiger partial charge in [-0.1, -0.05) is 6.07 Å². The summed E-state index contributed by atoms with van der Waals surface area (Å²) in [5, 5.41) is 0. The van der Waals surface area contributed by atoms with Crippen LogP contribution in [-0.4, -0.2) is 85.1 Å². The highest BCUT2D eigenvalue weighted by atomic mass is 32.2. The molecular formula is C26H37FN4O5S2. The summed E-state index contributed by atoms with van der Waals surface area (Å²) in [6.45, 7) is 8.21. The predicted octanol–water partition coefficient (Wildman–Crippen LogP) is 3.20. The van der Waals surface area contributed by atoms with Crippen molar-refractivity contribution in [3.8, 4) is 0 Å². The number of benzene rings is 2. The van der Waals surface area contributed by atoms with E-state index < -0.39 is 25.9 Å². The van der Waals surface area contributed by atoms with Crippen molar-refractivity contribution in [2.75, 3.05) is 56.4 Å². The number of piperidine rings is 1. The summed E-state index contributed by atoms with van der Waals surface area (Å²) in [7, 11) is -4.97. The molecule has 2 aliphatic rings. The van der Waals surface area contributed by atoms with Gasteiger partial charge in [-0.2, -0.15) is 0 Å². The van der Waals surface area contributed by atoms with Gasteiger partial charge in [-0.3, -0.25) is 9.62 Å². The number of hydrogen-bond acceptors (Lipinski definition) is 7. The van der Waals surface area contributed by atoms with Gasteiger partial charge in [0.2, 0.25) is 10.0 Å². The molecule has 2 aliphatic heterocycles. The van der Waals surface area contributed by atoms with Crippen LogP contribution in [0.3, 0.4) is 0 Å². The Morgan fingerprint density at radius 3 is 2.11 bits per heavy atom. The van der Waals surface area contributed by atoms with Crippen LogP contribution in [0.25, 0.3) is 0 Å². The normalized spacial score (nSPS) is 22.1. The first-order chi connectivity index (χ1) is 17.9.